The minimum absolute atomic E-state index is 0.327. The molecule has 1 aromatic rings. The van der Waals surface area contributed by atoms with Gasteiger partial charge >= 0.3 is 5.97 Å². The van der Waals surface area contributed by atoms with Crippen molar-refractivity contribution in [1.29, 1.82) is 0 Å². The van der Waals surface area contributed by atoms with Gasteiger partial charge in [-0.3, -0.25) is 0 Å². The van der Waals surface area contributed by atoms with Crippen LogP contribution in [-0.2, 0) is 9.53 Å². The summed E-state index contributed by atoms with van der Waals surface area (Å²) in [4.78, 5) is 15.6. The van der Waals surface area contributed by atoms with Gasteiger partial charge in [-0.15, -0.1) is 0 Å². The molecular formula is C22H29ClN2O3. The van der Waals surface area contributed by atoms with Gasteiger partial charge in [0.25, 0.3) is 0 Å². The molecule has 2 rings (SSSR count). The van der Waals surface area contributed by atoms with Gasteiger partial charge in [-0.2, -0.15) is 0 Å². The lowest BCUT2D eigenvalue weighted by molar-refractivity contribution is -0.141. The maximum Gasteiger partial charge on any atom is 0.332 e. The number of rotatable bonds is 3. The number of nitrogens with zero attached hydrogens (tertiary/aromatic N) is 1. The summed E-state index contributed by atoms with van der Waals surface area (Å²) in [6, 6.07) is 1.32. The van der Waals surface area contributed by atoms with Crippen LogP contribution in [0.15, 0.2) is 41.8 Å². The predicted molar refractivity (Wildman–Crippen MR) is 116 cm³/mol. The fourth-order valence-electron chi connectivity index (χ4n) is 2.14. The van der Waals surface area contributed by atoms with Crippen molar-refractivity contribution in [2.24, 2.45) is 0 Å². The summed E-state index contributed by atoms with van der Waals surface area (Å²) >= 11 is 5.96. The topological polar surface area (TPSA) is 71.5 Å². The van der Waals surface area contributed by atoms with Crippen LogP contribution in [0.4, 0.5) is 0 Å². The Balaban J connectivity index is 0.00000171. The number of aliphatic hydroxyl groups is 1. The second-order valence-corrected chi connectivity index (χ2v) is 5.62. The third-order valence-electron chi connectivity index (χ3n) is 3.47. The van der Waals surface area contributed by atoms with Crippen molar-refractivity contribution in [3.8, 4) is 11.8 Å². The number of carbonyl (C=O) groups excluding carboxylic acids is 1. The third-order valence-corrected chi connectivity index (χ3v) is 3.68. The summed E-state index contributed by atoms with van der Waals surface area (Å²) in [5, 5.41) is 10.4. The molecule has 0 spiro atoms. The standard InChI is InChI=1S/C19H19ClN2O2.C2H6.CH4O/c1-4-5-6-14-10-18(20)22-12-16(14)8-7-15-11-21-17(9-13(15)2)19(23)24-3;2*1-2/h5-6,9-12,17,21H,4H2,1-3H3;1-2H3;2H,1H3/b6-5-;;. The van der Waals surface area contributed by atoms with E-state index in [1.54, 1.807) is 24.5 Å². The number of pyridine rings is 1. The summed E-state index contributed by atoms with van der Waals surface area (Å²) in [6.45, 7) is 7.98. The van der Waals surface area contributed by atoms with E-state index in [-0.39, 0.29) is 5.97 Å². The van der Waals surface area contributed by atoms with E-state index in [2.05, 4.69) is 29.1 Å². The summed E-state index contributed by atoms with van der Waals surface area (Å²) in [5.74, 6) is 5.91. The van der Waals surface area contributed by atoms with Crippen LogP contribution in [0.3, 0.4) is 0 Å². The Labute approximate surface area is 173 Å². The molecule has 2 heterocycles. The number of halogens is 1. The molecule has 0 bridgehead atoms. The van der Waals surface area contributed by atoms with Crippen molar-refractivity contribution in [2.75, 3.05) is 14.2 Å². The average molecular weight is 405 g/mol. The molecule has 1 aromatic heterocycles. The van der Waals surface area contributed by atoms with Crippen LogP contribution in [0.5, 0.6) is 0 Å². The highest BCUT2D eigenvalue weighted by molar-refractivity contribution is 6.29. The molecule has 6 heteroatoms. The Bertz CT molecular complexity index is 787. The molecule has 5 nitrogen and oxygen atoms in total. The van der Waals surface area contributed by atoms with E-state index in [9.17, 15) is 4.79 Å². The van der Waals surface area contributed by atoms with Gasteiger partial charge in [0.1, 0.15) is 11.2 Å². The molecular weight excluding hydrogens is 376 g/mol. The molecule has 1 aliphatic rings. The number of aliphatic hydroxyl groups excluding tert-OH is 1. The molecule has 1 aliphatic heterocycles. The SMILES string of the molecule is CC.CC/C=C\c1cc(Cl)ncc1C#CC1=CNC(C(=O)OC)C=C1C.CO. The summed E-state index contributed by atoms with van der Waals surface area (Å²) in [7, 11) is 2.37. The van der Waals surface area contributed by atoms with Crippen LogP contribution in [0.2, 0.25) is 5.15 Å². The molecule has 2 N–H and O–H groups in total. The van der Waals surface area contributed by atoms with Gasteiger partial charge in [0.15, 0.2) is 0 Å². The van der Waals surface area contributed by atoms with Gasteiger partial charge in [-0.1, -0.05) is 56.4 Å². The van der Waals surface area contributed by atoms with Crippen LogP contribution in [0, 0.1) is 11.8 Å². The number of aromatic nitrogens is 1. The summed E-state index contributed by atoms with van der Waals surface area (Å²) in [6.07, 6.45) is 10.2. The second kappa shape index (κ2) is 14.5. The van der Waals surface area contributed by atoms with Gasteiger partial charge < -0.3 is 15.2 Å². The lowest BCUT2D eigenvalue weighted by atomic mass is 10.0. The van der Waals surface area contributed by atoms with Crippen molar-refractivity contribution in [3.05, 3.63) is 58.0 Å². The normalized spacial score (nSPS) is 14.6. The molecule has 0 amide bonds. The van der Waals surface area contributed by atoms with Gasteiger partial charge in [-0.25, -0.2) is 9.78 Å². The Kier molecular flexibility index (Phi) is 13.2. The summed E-state index contributed by atoms with van der Waals surface area (Å²) < 4.78 is 4.73. The smallest absolute Gasteiger partial charge is 0.332 e. The number of nitrogens with one attached hydrogen (secondary N) is 1. The number of hydrogen-bond acceptors (Lipinski definition) is 5. The minimum atomic E-state index is -0.471. The maximum absolute atomic E-state index is 11.6. The minimum Gasteiger partial charge on any atom is -0.467 e. The van der Waals surface area contributed by atoms with Gasteiger partial charge in [-0.05, 0) is 36.6 Å². The molecule has 0 fully saturated rings. The maximum atomic E-state index is 11.6. The number of esters is 1. The zero-order valence-corrected chi connectivity index (χ0v) is 18.1. The van der Waals surface area contributed by atoms with Gasteiger partial charge in [0.05, 0.1) is 12.7 Å². The quantitative estimate of drug-likeness (QED) is 0.450. The zero-order chi connectivity index (χ0) is 21.5. The first kappa shape index (κ1) is 25.4. The lowest BCUT2D eigenvalue weighted by Crippen LogP contribution is -2.34. The van der Waals surface area contributed by atoms with Crippen LogP contribution in [0.1, 0.15) is 45.2 Å². The fourth-order valence-corrected chi connectivity index (χ4v) is 2.30. The number of dihydropyridines is 1. The van der Waals surface area contributed by atoms with E-state index in [4.69, 9.17) is 21.4 Å². The highest BCUT2D eigenvalue weighted by Gasteiger charge is 2.19. The van der Waals surface area contributed by atoms with E-state index in [1.165, 1.54) is 7.11 Å². The first-order chi connectivity index (χ1) is 13.5. The summed E-state index contributed by atoms with van der Waals surface area (Å²) in [5.41, 5.74) is 3.47. The number of carbonyl (C=O) groups is 1. The molecule has 0 saturated carbocycles. The second-order valence-electron chi connectivity index (χ2n) is 5.23. The number of allylic oxidation sites excluding steroid dienone is 3. The van der Waals surface area contributed by atoms with E-state index in [0.717, 1.165) is 35.8 Å². The molecule has 0 aromatic carbocycles. The monoisotopic (exact) mass is 404 g/mol. The Morgan fingerprint density at radius 1 is 1.39 bits per heavy atom. The zero-order valence-electron chi connectivity index (χ0n) is 17.3. The number of hydrogen-bond donors (Lipinski definition) is 2. The Morgan fingerprint density at radius 3 is 2.64 bits per heavy atom. The van der Waals surface area contributed by atoms with Crippen LogP contribution < -0.4 is 5.32 Å². The van der Waals surface area contributed by atoms with E-state index < -0.39 is 6.04 Å². The molecule has 1 unspecified atom stereocenters. The molecule has 152 valence electrons. The van der Waals surface area contributed by atoms with Crippen molar-refractivity contribution in [3.63, 3.8) is 0 Å². The van der Waals surface area contributed by atoms with Crippen molar-refractivity contribution >= 4 is 23.6 Å². The first-order valence-corrected chi connectivity index (χ1v) is 9.44. The molecule has 1 atom stereocenters. The predicted octanol–water partition coefficient (Wildman–Crippen LogP) is 4.12. The van der Waals surface area contributed by atoms with Crippen LogP contribution >= 0.6 is 11.6 Å². The van der Waals surface area contributed by atoms with Crippen LogP contribution in [0.25, 0.3) is 6.08 Å². The largest absolute Gasteiger partial charge is 0.467 e. The highest BCUT2D eigenvalue weighted by atomic mass is 35.5. The van der Waals surface area contributed by atoms with E-state index in [0.29, 0.717) is 5.15 Å². The van der Waals surface area contributed by atoms with Crippen molar-refractivity contribution in [2.45, 2.75) is 40.2 Å². The molecule has 28 heavy (non-hydrogen) atoms. The number of ether oxygens (including phenoxy) is 1. The number of methoxy groups -OCH3 is 1. The molecule has 0 aliphatic carbocycles. The molecule has 0 saturated heterocycles. The van der Waals surface area contributed by atoms with Gasteiger partial charge in [0.2, 0.25) is 0 Å². The Morgan fingerprint density at radius 2 is 2.07 bits per heavy atom. The first-order valence-electron chi connectivity index (χ1n) is 9.06. The Hall–Kier alpha value is -2.55. The lowest BCUT2D eigenvalue weighted by Gasteiger charge is -2.17. The van der Waals surface area contributed by atoms with Gasteiger partial charge in [0, 0.05) is 25.1 Å². The van der Waals surface area contributed by atoms with Crippen LogP contribution in [-0.4, -0.2) is 36.3 Å². The van der Waals surface area contributed by atoms with Crippen molar-refractivity contribution < 1.29 is 14.6 Å². The van der Waals surface area contributed by atoms with E-state index in [1.807, 2.05) is 32.9 Å². The highest BCUT2D eigenvalue weighted by Crippen LogP contribution is 2.17. The third kappa shape index (κ3) is 7.99. The van der Waals surface area contributed by atoms with E-state index >= 15 is 0 Å². The molecule has 0 radical (unpaired) electrons. The average Bonchev–Trinajstić information content (AvgIpc) is 2.74. The fraction of sp³-hybridized carbons (Fsp3) is 0.364. The van der Waals surface area contributed by atoms with Crippen molar-refractivity contribution in [1.82, 2.24) is 10.3 Å².